The lowest BCUT2D eigenvalue weighted by Gasteiger charge is -2.09. The van der Waals surface area contributed by atoms with Gasteiger partial charge in [0.05, 0.1) is 0 Å². The lowest BCUT2D eigenvalue weighted by molar-refractivity contribution is 0.556. The topological polar surface area (TPSA) is 0 Å². The standard InChI is InChI=1S/C35H40/c1-3-4-5-6-7-8-9-10-11-12-13-27-15-17-29-21-33-24-32-20-28-16-14-26(2)18-30(28)22-34(32)25-35(33)23-31(29)19-27/h14-25H,3-13H2,1-2H3. The fraction of sp³-hybridized carbons (Fsp3) is 0.371. The van der Waals surface area contributed by atoms with E-state index in [0.717, 1.165) is 0 Å². The van der Waals surface area contributed by atoms with Crippen LogP contribution in [0.15, 0.2) is 72.8 Å². The van der Waals surface area contributed by atoms with Crippen LogP contribution in [-0.4, -0.2) is 0 Å². The number of hydrogen-bond donors (Lipinski definition) is 0. The molecule has 0 unspecified atom stereocenters. The van der Waals surface area contributed by atoms with Crippen LogP contribution >= 0.6 is 0 Å². The van der Waals surface area contributed by atoms with Gasteiger partial charge in [0.1, 0.15) is 0 Å². The average Bonchev–Trinajstić information content (AvgIpc) is 2.86. The number of rotatable bonds is 11. The van der Waals surface area contributed by atoms with Gasteiger partial charge in [0.25, 0.3) is 0 Å². The minimum atomic E-state index is 1.20. The third-order valence-corrected chi connectivity index (χ3v) is 7.75. The highest BCUT2D eigenvalue weighted by molar-refractivity contribution is 6.08. The van der Waals surface area contributed by atoms with Gasteiger partial charge < -0.3 is 0 Å². The lowest BCUT2D eigenvalue weighted by atomic mass is 9.96. The Hall–Kier alpha value is -2.86. The van der Waals surface area contributed by atoms with Crippen molar-refractivity contribution in [3.63, 3.8) is 0 Å². The normalized spacial score (nSPS) is 11.8. The molecule has 0 fully saturated rings. The zero-order valence-electron chi connectivity index (χ0n) is 21.7. The van der Waals surface area contributed by atoms with Crippen LogP contribution in [-0.2, 0) is 6.42 Å². The van der Waals surface area contributed by atoms with Crippen LogP contribution < -0.4 is 0 Å². The first-order chi connectivity index (χ1) is 17.2. The van der Waals surface area contributed by atoms with Gasteiger partial charge in [-0.25, -0.2) is 0 Å². The lowest BCUT2D eigenvalue weighted by Crippen LogP contribution is -1.88. The Kier molecular flexibility index (Phi) is 7.67. The molecule has 0 radical (unpaired) electrons. The second-order valence-electron chi connectivity index (χ2n) is 10.7. The molecular weight excluding hydrogens is 420 g/mol. The van der Waals surface area contributed by atoms with Gasteiger partial charge in [0.2, 0.25) is 0 Å². The Bertz CT molecular complexity index is 1440. The Balaban J connectivity index is 1.25. The summed E-state index contributed by atoms with van der Waals surface area (Å²) in [6.07, 6.45) is 15.2. The van der Waals surface area contributed by atoms with Gasteiger partial charge >= 0.3 is 0 Å². The van der Waals surface area contributed by atoms with E-state index < -0.39 is 0 Å². The van der Waals surface area contributed by atoms with Gasteiger partial charge in [-0.05, 0) is 105 Å². The van der Waals surface area contributed by atoms with Crippen molar-refractivity contribution in [2.45, 2.75) is 84.5 Å². The molecule has 0 N–H and O–H groups in total. The van der Waals surface area contributed by atoms with Crippen LogP contribution in [0.4, 0.5) is 0 Å². The Morgan fingerprint density at radius 1 is 0.400 bits per heavy atom. The van der Waals surface area contributed by atoms with E-state index in [1.807, 2.05) is 0 Å². The van der Waals surface area contributed by atoms with Crippen molar-refractivity contribution in [2.75, 3.05) is 0 Å². The van der Waals surface area contributed by atoms with Crippen molar-refractivity contribution in [2.24, 2.45) is 0 Å². The van der Waals surface area contributed by atoms with Crippen molar-refractivity contribution in [1.29, 1.82) is 0 Å². The molecule has 0 aliphatic heterocycles. The summed E-state index contributed by atoms with van der Waals surface area (Å²) in [4.78, 5) is 0. The van der Waals surface area contributed by atoms with Crippen molar-refractivity contribution in [3.05, 3.63) is 83.9 Å². The molecule has 5 aromatic rings. The molecule has 180 valence electrons. The van der Waals surface area contributed by atoms with Crippen LogP contribution in [0.3, 0.4) is 0 Å². The van der Waals surface area contributed by atoms with E-state index in [9.17, 15) is 0 Å². The molecule has 5 rings (SSSR count). The van der Waals surface area contributed by atoms with E-state index in [1.165, 1.54) is 125 Å². The van der Waals surface area contributed by atoms with E-state index in [4.69, 9.17) is 0 Å². The first kappa shape index (κ1) is 23.9. The van der Waals surface area contributed by atoms with Crippen molar-refractivity contribution < 1.29 is 0 Å². The maximum atomic E-state index is 2.43. The molecule has 0 spiro atoms. The molecule has 0 atom stereocenters. The summed E-state index contributed by atoms with van der Waals surface area (Å²) in [6.45, 7) is 4.46. The first-order valence-corrected chi connectivity index (χ1v) is 14.0. The van der Waals surface area contributed by atoms with Crippen molar-refractivity contribution >= 4 is 43.1 Å². The van der Waals surface area contributed by atoms with Crippen molar-refractivity contribution in [3.8, 4) is 0 Å². The summed E-state index contributed by atoms with van der Waals surface area (Å²) in [5.74, 6) is 0. The molecule has 35 heavy (non-hydrogen) atoms. The highest BCUT2D eigenvalue weighted by Crippen LogP contribution is 2.31. The predicted octanol–water partition coefficient (Wildman–Crippen LogP) is 11.1. The Labute approximate surface area is 211 Å². The fourth-order valence-corrected chi connectivity index (χ4v) is 5.64. The molecule has 0 bridgehead atoms. The van der Waals surface area contributed by atoms with E-state index in [-0.39, 0.29) is 0 Å². The number of fused-ring (bicyclic) bond motifs is 4. The quantitative estimate of drug-likeness (QED) is 0.136. The van der Waals surface area contributed by atoms with Gasteiger partial charge in [-0.3, -0.25) is 0 Å². The maximum Gasteiger partial charge on any atom is -0.0171 e. The summed E-state index contributed by atoms with van der Waals surface area (Å²) in [6, 6.07) is 28.0. The van der Waals surface area contributed by atoms with Crippen LogP contribution in [0.25, 0.3) is 43.1 Å². The number of unbranched alkanes of at least 4 members (excludes halogenated alkanes) is 9. The fourth-order valence-electron chi connectivity index (χ4n) is 5.64. The summed E-state index contributed by atoms with van der Waals surface area (Å²) < 4.78 is 0. The maximum absolute atomic E-state index is 2.43. The van der Waals surface area contributed by atoms with Crippen molar-refractivity contribution in [1.82, 2.24) is 0 Å². The third kappa shape index (κ3) is 5.87. The summed E-state index contributed by atoms with van der Waals surface area (Å²) >= 11 is 0. The van der Waals surface area contributed by atoms with Gasteiger partial charge in [-0.2, -0.15) is 0 Å². The summed E-state index contributed by atoms with van der Waals surface area (Å²) in [5, 5.41) is 10.7. The molecule has 5 aromatic carbocycles. The van der Waals surface area contributed by atoms with Crippen LogP contribution in [0.2, 0.25) is 0 Å². The van der Waals surface area contributed by atoms with Crippen LogP contribution in [0, 0.1) is 6.92 Å². The van der Waals surface area contributed by atoms with E-state index >= 15 is 0 Å². The minimum absolute atomic E-state index is 1.20. The van der Waals surface area contributed by atoms with E-state index in [0.29, 0.717) is 0 Å². The molecular formula is C35H40. The van der Waals surface area contributed by atoms with E-state index in [1.54, 1.807) is 0 Å². The zero-order valence-corrected chi connectivity index (χ0v) is 21.7. The van der Waals surface area contributed by atoms with Gasteiger partial charge in [0, 0.05) is 0 Å². The summed E-state index contributed by atoms with van der Waals surface area (Å²) in [7, 11) is 0. The molecule has 0 amide bonds. The third-order valence-electron chi connectivity index (χ3n) is 7.75. The minimum Gasteiger partial charge on any atom is -0.0654 e. The predicted molar refractivity (Wildman–Crippen MR) is 157 cm³/mol. The number of benzene rings is 5. The number of aryl methyl sites for hydroxylation is 2. The largest absolute Gasteiger partial charge is 0.0654 e. The SMILES string of the molecule is CCCCCCCCCCCCc1ccc2cc3cc4cc5ccc(C)cc5cc4cc3cc2c1. The highest BCUT2D eigenvalue weighted by Gasteiger charge is 2.05. The van der Waals surface area contributed by atoms with Gasteiger partial charge in [-0.1, -0.05) is 107 Å². The monoisotopic (exact) mass is 460 g/mol. The molecule has 0 aromatic heterocycles. The average molecular weight is 461 g/mol. The van der Waals surface area contributed by atoms with Gasteiger partial charge in [0.15, 0.2) is 0 Å². The van der Waals surface area contributed by atoms with E-state index in [2.05, 4.69) is 86.6 Å². The smallest absolute Gasteiger partial charge is 0.0171 e. The number of hydrogen-bond acceptors (Lipinski definition) is 0. The second kappa shape index (κ2) is 11.3. The van der Waals surface area contributed by atoms with Crippen LogP contribution in [0.1, 0.15) is 82.3 Å². The molecule has 0 heteroatoms. The second-order valence-corrected chi connectivity index (χ2v) is 10.7. The summed E-state index contributed by atoms with van der Waals surface area (Å²) in [5.41, 5.74) is 2.80. The van der Waals surface area contributed by atoms with Gasteiger partial charge in [-0.15, -0.1) is 0 Å². The zero-order chi connectivity index (χ0) is 24.0. The Morgan fingerprint density at radius 3 is 1.40 bits per heavy atom. The molecule has 0 nitrogen and oxygen atoms in total. The first-order valence-electron chi connectivity index (χ1n) is 14.0. The molecule has 0 aliphatic rings. The molecule has 0 heterocycles. The molecule has 0 saturated carbocycles. The molecule has 0 aliphatic carbocycles. The highest BCUT2D eigenvalue weighted by atomic mass is 14.1. The van der Waals surface area contributed by atoms with Crippen LogP contribution in [0.5, 0.6) is 0 Å². The molecule has 0 saturated heterocycles. The Morgan fingerprint density at radius 2 is 0.829 bits per heavy atom.